The monoisotopic (exact) mass is 333 g/mol. The van der Waals surface area contributed by atoms with Crippen LogP contribution >= 0.6 is 0 Å². The Kier molecular flexibility index (Phi) is 6.50. The lowest BCUT2D eigenvalue weighted by Gasteiger charge is -2.21. The van der Waals surface area contributed by atoms with E-state index in [9.17, 15) is 4.79 Å². The molecule has 0 aliphatic rings. The van der Waals surface area contributed by atoms with Gasteiger partial charge in [0, 0.05) is 31.4 Å². The van der Waals surface area contributed by atoms with Crippen LogP contribution in [0.5, 0.6) is 0 Å². The predicted octanol–water partition coefficient (Wildman–Crippen LogP) is 3.45. The number of rotatable bonds is 7. The van der Waals surface area contributed by atoms with Gasteiger partial charge in [0.2, 0.25) is 0 Å². The first-order valence-corrected chi connectivity index (χ1v) is 8.18. The molecule has 2 aromatic carbocycles. The van der Waals surface area contributed by atoms with E-state index in [4.69, 9.17) is 5.26 Å². The Balaban J connectivity index is 1.99. The summed E-state index contributed by atoms with van der Waals surface area (Å²) < 4.78 is 0. The zero-order valence-corrected chi connectivity index (χ0v) is 14.9. The van der Waals surface area contributed by atoms with Gasteiger partial charge < -0.3 is 9.80 Å². The third-order valence-corrected chi connectivity index (χ3v) is 3.94. The molecule has 0 amide bonds. The van der Waals surface area contributed by atoms with E-state index in [1.165, 1.54) is 0 Å². The molecule has 0 radical (unpaired) electrons. The molecule has 0 heterocycles. The van der Waals surface area contributed by atoms with Crippen LogP contribution in [0.3, 0.4) is 0 Å². The second-order valence-electron chi connectivity index (χ2n) is 6.20. The van der Waals surface area contributed by atoms with E-state index in [0.29, 0.717) is 11.1 Å². The Morgan fingerprint density at radius 3 is 2.20 bits per heavy atom. The first-order valence-electron chi connectivity index (χ1n) is 8.18. The topological polar surface area (TPSA) is 47.3 Å². The molecule has 2 aromatic rings. The van der Waals surface area contributed by atoms with Crippen LogP contribution in [0, 0.1) is 11.3 Å². The molecule has 0 unspecified atom stereocenters. The molecule has 128 valence electrons. The summed E-state index contributed by atoms with van der Waals surface area (Å²) in [6.07, 6.45) is 3.33. The number of nitriles is 1. The molecular formula is C21H23N3O. The second-order valence-corrected chi connectivity index (χ2v) is 6.20. The second kappa shape index (κ2) is 8.81. The standard InChI is InChI=1S/C21H23N3O/c1-23(2)14-15-24(3)20-11-9-19(10-12-20)21(25)13-8-17-4-6-18(16-22)7-5-17/h4-13H,14-15H2,1-3H3/b13-8+. The summed E-state index contributed by atoms with van der Waals surface area (Å²) in [5.74, 6) is -0.0353. The highest BCUT2D eigenvalue weighted by molar-refractivity contribution is 6.06. The molecule has 4 heteroatoms. The molecule has 25 heavy (non-hydrogen) atoms. The van der Waals surface area contributed by atoms with Crippen LogP contribution in [0.15, 0.2) is 54.6 Å². The summed E-state index contributed by atoms with van der Waals surface area (Å²) >= 11 is 0. The number of hydrogen-bond donors (Lipinski definition) is 0. The molecule has 0 N–H and O–H groups in total. The van der Waals surface area contributed by atoms with Gasteiger partial charge in [-0.3, -0.25) is 4.79 Å². The minimum absolute atomic E-state index is 0.0353. The molecule has 4 nitrogen and oxygen atoms in total. The van der Waals surface area contributed by atoms with Crippen LogP contribution in [0.4, 0.5) is 5.69 Å². The Morgan fingerprint density at radius 2 is 1.64 bits per heavy atom. The quantitative estimate of drug-likeness (QED) is 0.575. The highest BCUT2D eigenvalue weighted by atomic mass is 16.1. The molecule has 0 aliphatic carbocycles. The lowest BCUT2D eigenvalue weighted by atomic mass is 10.1. The first kappa shape index (κ1) is 18.4. The summed E-state index contributed by atoms with van der Waals surface area (Å²) in [5, 5.41) is 8.79. The largest absolute Gasteiger partial charge is 0.373 e. The number of anilines is 1. The lowest BCUT2D eigenvalue weighted by Crippen LogP contribution is -2.28. The van der Waals surface area contributed by atoms with E-state index in [1.807, 2.05) is 43.4 Å². The molecule has 0 aliphatic heterocycles. The van der Waals surface area contributed by atoms with Crippen molar-refractivity contribution in [1.82, 2.24) is 4.90 Å². The number of nitrogens with zero attached hydrogens (tertiary/aromatic N) is 3. The molecule has 0 saturated carbocycles. The van der Waals surface area contributed by atoms with Crippen LogP contribution in [0.25, 0.3) is 6.08 Å². The Labute approximate surface area is 149 Å². The maximum atomic E-state index is 12.3. The van der Waals surface area contributed by atoms with Crippen LogP contribution < -0.4 is 4.90 Å². The number of hydrogen-bond acceptors (Lipinski definition) is 4. The Bertz CT molecular complexity index is 768. The van der Waals surface area contributed by atoms with E-state index >= 15 is 0 Å². The number of carbonyl (C=O) groups is 1. The molecule has 0 aromatic heterocycles. The minimum atomic E-state index is -0.0353. The molecule has 0 bridgehead atoms. The van der Waals surface area contributed by atoms with Crippen molar-refractivity contribution in [3.8, 4) is 6.07 Å². The maximum Gasteiger partial charge on any atom is 0.185 e. The molecule has 2 rings (SSSR count). The molecular weight excluding hydrogens is 310 g/mol. The average molecular weight is 333 g/mol. The van der Waals surface area contributed by atoms with Gasteiger partial charge in [-0.25, -0.2) is 0 Å². The van der Waals surface area contributed by atoms with Crippen molar-refractivity contribution >= 4 is 17.5 Å². The van der Waals surface area contributed by atoms with E-state index in [2.05, 4.69) is 30.0 Å². The zero-order valence-electron chi connectivity index (χ0n) is 14.9. The van der Waals surface area contributed by atoms with Gasteiger partial charge in [-0.1, -0.05) is 18.2 Å². The number of carbonyl (C=O) groups excluding carboxylic acids is 1. The maximum absolute atomic E-state index is 12.3. The van der Waals surface area contributed by atoms with Gasteiger partial charge in [0.05, 0.1) is 11.6 Å². The summed E-state index contributed by atoms with van der Waals surface area (Å²) in [6.45, 7) is 1.91. The fraction of sp³-hybridized carbons (Fsp3) is 0.238. The minimum Gasteiger partial charge on any atom is -0.373 e. The van der Waals surface area contributed by atoms with Gasteiger partial charge in [0.1, 0.15) is 0 Å². The predicted molar refractivity (Wildman–Crippen MR) is 103 cm³/mol. The summed E-state index contributed by atoms with van der Waals surface area (Å²) in [5.41, 5.74) is 3.26. The average Bonchev–Trinajstić information content (AvgIpc) is 2.64. The van der Waals surface area contributed by atoms with E-state index in [0.717, 1.165) is 24.3 Å². The van der Waals surface area contributed by atoms with Crippen molar-refractivity contribution in [3.63, 3.8) is 0 Å². The van der Waals surface area contributed by atoms with E-state index < -0.39 is 0 Å². The highest BCUT2D eigenvalue weighted by Crippen LogP contribution is 2.15. The normalized spacial score (nSPS) is 10.8. The summed E-state index contributed by atoms with van der Waals surface area (Å²) in [7, 11) is 6.15. The van der Waals surface area contributed by atoms with Crippen LogP contribution in [0.1, 0.15) is 21.5 Å². The van der Waals surface area contributed by atoms with Crippen LogP contribution in [0.2, 0.25) is 0 Å². The lowest BCUT2D eigenvalue weighted by molar-refractivity contribution is 0.104. The fourth-order valence-corrected chi connectivity index (χ4v) is 2.30. The number of likely N-dealkylation sites (N-methyl/N-ethyl adjacent to an activating group) is 2. The van der Waals surface area contributed by atoms with E-state index in [1.54, 1.807) is 24.3 Å². The Morgan fingerprint density at radius 1 is 1.00 bits per heavy atom. The van der Waals surface area contributed by atoms with Gasteiger partial charge in [-0.05, 0) is 62.1 Å². The molecule has 0 atom stereocenters. The smallest absolute Gasteiger partial charge is 0.185 e. The third kappa shape index (κ3) is 5.59. The zero-order chi connectivity index (χ0) is 18.2. The highest BCUT2D eigenvalue weighted by Gasteiger charge is 2.05. The summed E-state index contributed by atoms with van der Waals surface area (Å²) in [6, 6.07) is 16.9. The van der Waals surface area contributed by atoms with Crippen molar-refractivity contribution in [2.75, 3.05) is 39.1 Å². The van der Waals surface area contributed by atoms with Gasteiger partial charge in [-0.15, -0.1) is 0 Å². The van der Waals surface area contributed by atoms with Gasteiger partial charge in [-0.2, -0.15) is 5.26 Å². The van der Waals surface area contributed by atoms with Crippen molar-refractivity contribution in [1.29, 1.82) is 5.26 Å². The van der Waals surface area contributed by atoms with E-state index in [-0.39, 0.29) is 5.78 Å². The van der Waals surface area contributed by atoms with Crippen molar-refractivity contribution < 1.29 is 4.79 Å². The molecule has 0 saturated heterocycles. The van der Waals surface area contributed by atoms with Crippen molar-refractivity contribution in [2.45, 2.75) is 0 Å². The van der Waals surface area contributed by atoms with Crippen molar-refractivity contribution in [3.05, 3.63) is 71.3 Å². The third-order valence-electron chi connectivity index (χ3n) is 3.94. The first-order chi connectivity index (χ1) is 12.0. The number of ketones is 1. The molecule has 0 spiro atoms. The Hall–Kier alpha value is -2.90. The summed E-state index contributed by atoms with van der Waals surface area (Å²) in [4.78, 5) is 16.6. The van der Waals surface area contributed by atoms with Gasteiger partial charge >= 0.3 is 0 Å². The fourth-order valence-electron chi connectivity index (χ4n) is 2.30. The number of allylic oxidation sites excluding steroid dienone is 1. The number of benzene rings is 2. The SMILES string of the molecule is CN(C)CCN(C)c1ccc(C(=O)/C=C/c2ccc(C#N)cc2)cc1. The molecule has 0 fully saturated rings. The van der Waals surface area contributed by atoms with Crippen LogP contribution in [-0.2, 0) is 0 Å². The van der Waals surface area contributed by atoms with Gasteiger partial charge in [0.25, 0.3) is 0 Å². The van der Waals surface area contributed by atoms with Crippen molar-refractivity contribution in [2.24, 2.45) is 0 Å². The van der Waals surface area contributed by atoms with Crippen LogP contribution in [-0.4, -0.2) is 44.9 Å². The van der Waals surface area contributed by atoms with Gasteiger partial charge in [0.15, 0.2) is 5.78 Å².